The van der Waals surface area contributed by atoms with Crippen molar-refractivity contribution < 1.29 is 9.53 Å². The molecule has 0 fully saturated rings. The van der Waals surface area contributed by atoms with Crippen molar-refractivity contribution in [3.05, 3.63) is 35.4 Å². The summed E-state index contributed by atoms with van der Waals surface area (Å²) in [6.45, 7) is 12.5. The molecule has 0 bridgehead atoms. The fourth-order valence-corrected chi connectivity index (χ4v) is 2.31. The van der Waals surface area contributed by atoms with E-state index in [1.165, 1.54) is 5.56 Å². The summed E-state index contributed by atoms with van der Waals surface area (Å²) >= 11 is 0. The van der Waals surface area contributed by atoms with Gasteiger partial charge >= 0.3 is 5.97 Å². The average molecular weight is 291 g/mol. The summed E-state index contributed by atoms with van der Waals surface area (Å²) in [5, 5.41) is 0. The molecule has 0 heterocycles. The maximum Gasteiger partial charge on any atom is 0.311 e. The highest BCUT2D eigenvalue weighted by molar-refractivity contribution is 5.75. The van der Waals surface area contributed by atoms with E-state index in [0.717, 1.165) is 5.56 Å². The number of carbonyl (C=O) groups excluding carboxylic acids is 1. The molecule has 2 N–H and O–H groups in total. The van der Waals surface area contributed by atoms with Gasteiger partial charge in [0.15, 0.2) is 0 Å². The highest BCUT2D eigenvalue weighted by Gasteiger charge is 2.31. The number of benzene rings is 1. The number of nitrogens with two attached hydrogens (primary N) is 1. The zero-order valence-corrected chi connectivity index (χ0v) is 14.2. The van der Waals surface area contributed by atoms with Crippen molar-refractivity contribution in [1.82, 2.24) is 0 Å². The van der Waals surface area contributed by atoms with Crippen LogP contribution in [-0.4, -0.2) is 12.6 Å². The molecule has 3 heteroatoms. The van der Waals surface area contributed by atoms with Crippen molar-refractivity contribution in [3.63, 3.8) is 0 Å². The highest BCUT2D eigenvalue weighted by Crippen LogP contribution is 2.31. The van der Waals surface area contributed by atoms with Crippen LogP contribution in [0.15, 0.2) is 24.3 Å². The molecule has 0 aliphatic rings. The predicted octanol–water partition coefficient (Wildman–Crippen LogP) is 3.96. The van der Waals surface area contributed by atoms with Crippen LogP contribution >= 0.6 is 0 Å². The third kappa shape index (κ3) is 4.85. The first kappa shape index (κ1) is 17.7. The molecule has 1 unspecified atom stereocenters. The molecule has 118 valence electrons. The second kappa shape index (κ2) is 6.61. The van der Waals surface area contributed by atoms with Gasteiger partial charge in [0.1, 0.15) is 0 Å². The first-order chi connectivity index (χ1) is 9.58. The number of ether oxygens (including phenoxy) is 1. The van der Waals surface area contributed by atoms with E-state index >= 15 is 0 Å². The summed E-state index contributed by atoms with van der Waals surface area (Å²) in [7, 11) is 0. The number of esters is 1. The monoisotopic (exact) mass is 291 g/mol. The van der Waals surface area contributed by atoms with Gasteiger partial charge in [-0.15, -0.1) is 0 Å². The largest absolute Gasteiger partial charge is 0.466 e. The highest BCUT2D eigenvalue weighted by atomic mass is 16.5. The smallest absolute Gasteiger partial charge is 0.311 e. The molecule has 1 aromatic carbocycles. The maximum absolute atomic E-state index is 11.9. The minimum Gasteiger partial charge on any atom is -0.466 e. The van der Waals surface area contributed by atoms with Crippen LogP contribution in [0.5, 0.6) is 0 Å². The van der Waals surface area contributed by atoms with Gasteiger partial charge in [-0.2, -0.15) is 0 Å². The number of carbonyl (C=O) groups is 1. The molecule has 0 aliphatic heterocycles. The Labute approximate surface area is 128 Å². The van der Waals surface area contributed by atoms with E-state index in [4.69, 9.17) is 10.5 Å². The third-order valence-corrected chi connectivity index (χ3v) is 3.76. The van der Waals surface area contributed by atoms with E-state index in [1.54, 1.807) is 0 Å². The lowest BCUT2D eigenvalue weighted by molar-refractivity contribution is -0.154. The Kier molecular flexibility index (Phi) is 5.57. The Morgan fingerprint density at radius 1 is 1.14 bits per heavy atom. The van der Waals surface area contributed by atoms with Gasteiger partial charge in [0.25, 0.3) is 0 Å². The van der Waals surface area contributed by atoms with E-state index in [-0.39, 0.29) is 17.4 Å². The topological polar surface area (TPSA) is 52.3 Å². The number of hydrogen-bond acceptors (Lipinski definition) is 3. The molecule has 0 spiro atoms. The molecule has 0 aromatic heterocycles. The van der Waals surface area contributed by atoms with E-state index in [9.17, 15) is 4.79 Å². The third-order valence-electron chi connectivity index (χ3n) is 3.76. The second-order valence-electron chi connectivity index (χ2n) is 7.29. The van der Waals surface area contributed by atoms with Crippen molar-refractivity contribution in [2.24, 2.45) is 11.1 Å². The SMILES string of the molecule is CCOC(=O)C(C)(C)CC(N)c1ccc(C(C)(C)C)cc1. The van der Waals surface area contributed by atoms with Crippen LogP contribution in [0.2, 0.25) is 0 Å². The molecule has 0 saturated heterocycles. The van der Waals surface area contributed by atoms with Crippen LogP contribution in [0.4, 0.5) is 0 Å². The van der Waals surface area contributed by atoms with Crippen molar-refractivity contribution in [2.75, 3.05) is 6.61 Å². The summed E-state index contributed by atoms with van der Waals surface area (Å²) < 4.78 is 5.11. The Morgan fingerprint density at radius 2 is 1.67 bits per heavy atom. The Hall–Kier alpha value is -1.35. The lowest BCUT2D eigenvalue weighted by Gasteiger charge is -2.26. The first-order valence-corrected chi connectivity index (χ1v) is 7.61. The van der Waals surface area contributed by atoms with Gasteiger partial charge < -0.3 is 10.5 Å². The maximum atomic E-state index is 11.9. The van der Waals surface area contributed by atoms with E-state index < -0.39 is 5.41 Å². The van der Waals surface area contributed by atoms with Crippen LogP contribution in [0.1, 0.15) is 65.1 Å². The van der Waals surface area contributed by atoms with E-state index in [0.29, 0.717) is 13.0 Å². The minimum absolute atomic E-state index is 0.132. The molecule has 0 amide bonds. The minimum atomic E-state index is -0.571. The molecule has 0 aliphatic carbocycles. The Bertz CT molecular complexity index is 469. The summed E-state index contributed by atoms with van der Waals surface area (Å²) in [6.07, 6.45) is 0.570. The van der Waals surface area contributed by atoms with Crippen molar-refractivity contribution in [3.8, 4) is 0 Å². The lowest BCUT2D eigenvalue weighted by Crippen LogP contribution is -2.31. The van der Waals surface area contributed by atoms with Gasteiger partial charge in [-0.05, 0) is 43.7 Å². The van der Waals surface area contributed by atoms with Gasteiger partial charge in [-0.1, -0.05) is 45.0 Å². The summed E-state index contributed by atoms with van der Waals surface area (Å²) in [4.78, 5) is 11.9. The molecular formula is C18H29NO2. The van der Waals surface area contributed by atoms with Gasteiger partial charge in [-0.25, -0.2) is 0 Å². The number of rotatable bonds is 5. The molecule has 0 saturated carbocycles. The van der Waals surface area contributed by atoms with Crippen molar-refractivity contribution >= 4 is 5.97 Å². The summed E-state index contributed by atoms with van der Waals surface area (Å²) in [5.74, 6) is -0.188. The van der Waals surface area contributed by atoms with Crippen LogP contribution in [0.25, 0.3) is 0 Å². The second-order valence-corrected chi connectivity index (χ2v) is 7.29. The van der Waals surface area contributed by atoms with Crippen LogP contribution in [0, 0.1) is 5.41 Å². The number of hydrogen-bond donors (Lipinski definition) is 1. The normalized spacial score (nSPS) is 13.9. The lowest BCUT2D eigenvalue weighted by atomic mass is 9.82. The zero-order chi connectivity index (χ0) is 16.3. The molecule has 21 heavy (non-hydrogen) atoms. The van der Waals surface area contributed by atoms with Crippen LogP contribution in [-0.2, 0) is 14.9 Å². The van der Waals surface area contributed by atoms with Crippen molar-refractivity contribution in [1.29, 1.82) is 0 Å². The van der Waals surface area contributed by atoms with Crippen molar-refractivity contribution in [2.45, 2.75) is 59.4 Å². The molecule has 1 aromatic rings. The quantitative estimate of drug-likeness (QED) is 0.835. The van der Waals surface area contributed by atoms with Gasteiger partial charge in [0.05, 0.1) is 12.0 Å². The summed E-state index contributed by atoms with van der Waals surface area (Å²) in [5.41, 5.74) is 8.16. The van der Waals surface area contributed by atoms with E-state index in [1.807, 2.05) is 20.8 Å². The molecule has 1 rings (SSSR count). The molecular weight excluding hydrogens is 262 g/mol. The average Bonchev–Trinajstić information content (AvgIpc) is 2.37. The standard InChI is InChI=1S/C18H29NO2/c1-7-21-16(20)18(5,6)12-15(19)13-8-10-14(11-9-13)17(2,3)4/h8-11,15H,7,12,19H2,1-6H3. The zero-order valence-electron chi connectivity index (χ0n) is 14.2. The Morgan fingerprint density at radius 3 is 2.10 bits per heavy atom. The Balaban J connectivity index is 2.80. The molecule has 3 nitrogen and oxygen atoms in total. The van der Waals surface area contributed by atoms with Crippen LogP contribution < -0.4 is 5.73 Å². The fraction of sp³-hybridized carbons (Fsp3) is 0.611. The van der Waals surface area contributed by atoms with Crippen LogP contribution in [0.3, 0.4) is 0 Å². The van der Waals surface area contributed by atoms with Gasteiger partial charge in [-0.3, -0.25) is 4.79 Å². The molecule has 1 atom stereocenters. The van der Waals surface area contributed by atoms with E-state index in [2.05, 4.69) is 45.0 Å². The molecule has 0 radical (unpaired) electrons. The fourth-order valence-electron chi connectivity index (χ4n) is 2.31. The summed E-state index contributed by atoms with van der Waals surface area (Å²) in [6, 6.07) is 8.19. The van der Waals surface area contributed by atoms with Gasteiger partial charge in [0.2, 0.25) is 0 Å². The first-order valence-electron chi connectivity index (χ1n) is 7.61. The predicted molar refractivity (Wildman–Crippen MR) is 87.1 cm³/mol. The van der Waals surface area contributed by atoms with Gasteiger partial charge in [0, 0.05) is 6.04 Å².